The first-order chi connectivity index (χ1) is 9.94. The summed E-state index contributed by atoms with van der Waals surface area (Å²) in [6.45, 7) is 1.07. The first kappa shape index (κ1) is 16.3. The molecule has 2 rings (SSSR count). The fourth-order valence-electron chi connectivity index (χ4n) is 3.09. The molecule has 1 aliphatic heterocycles. The highest BCUT2D eigenvalue weighted by Crippen LogP contribution is 2.40. The predicted molar refractivity (Wildman–Crippen MR) is 74.1 cm³/mol. The SMILES string of the molecule is OC(CCCC(F)(F)F)C1(c2ccccc2)CCOCC1. The summed E-state index contributed by atoms with van der Waals surface area (Å²) in [5.41, 5.74) is 0.512. The van der Waals surface area contributed by atoms with Crippen molar-refractivity contribution in [3.8, 4) is 0 Å². The minimum Gasteiger partial charge on any atom is -0.392 e. The standard InChI is InChI=1S/C16H21F3O2/c17-16(18,19)8-4-7-14(20)15(9-11-21-12-10-15)13-5-2-1-3-6-13/h1-3,5-6,14,20H,4,7-12H2. The summed E-state index contributed by atoms with van der Waals surface area (Å²) in [6.07, 6.45) is -4.37. The summed E-state index contributed by atoms with van der Waals surface area (Å²) in [5, 5.41) is 10.6. The Morgan fingerprint density at radius 2 is 1.76 bits per heavy atom. The van der Waals surface area contributed by atoms with Crippen molar-refractivity contribution >= 4 is 0 Å². The van der Waals surface area contributed by atoms with E-state index >= 15 is 0 Å². The summed E-state index contributed by atoms with van der Waals surface area (Å²) in [4.78, 5) is 0. The molecule has 21 heavy (non-hydrogen) atoms. The van der Waals surface area contributed by atoms with E-state index in [1.807, 2.05) is 30.3 Å². The molecule has 1 heterocycles. The molecule has 0 spiro atoms. The molecule has 2 nitrogen and oxygen atoms in total. The molecule has 0 aromatic heterocycles. The van der Waals surface area contributed by atoms with E-state index in [1.54, 1.807) is 0 Å². The van der Waals surface area contributed by atoms with E-state index in [-0.39, 0.29) is 12.8 Å². The lowest BCUT2D eigenvalue weighted by Gasteiger charge is -2.41. The minimum absolute atomic E-state index is 0.0416. The zero-order chi connectivity index (χ0) is 15.3. The van der Waals surface area contributed by atoms with Gasteiger partial charge in [-0.3, -0.25) is 0 Å². The quantitative estimate of drug-likeness (QED) is 0.896. The third-order valence-corrected chi connectivity index (χ3v) is 4.31. The van der Waals surface area contributed by atoms with Gasteiger partial charge in [-0.1, -0.05) is 30.3 Å². The monoisotopic (exact) mass is 302 g/mol. The zero-order valence-electron chi connectivity index (χ0n) is 11.9. The van der Waals surface area contributed by atoms with E-state index in [1.165, 1.54) is 0 Å². The highest BCUT2D eigenvalue weighted by atomic mass is 19.4. The summed E-state index contributed by atoms with van der Waals surface area (Å²) in [6, 6.07) is 9.58. The molecular weight excluding hydrogens is 281 g/mol. The van der Waals surface area contributed by atoms with E-state index < -0.39 is 24.1 Å². The molecule has 0 aliphatic carbocycles. The van der Waals surface area contributed by atoms with Crippen LogP contribution in [0.2, 0.25) is 0 Å². The Morgan fingerprint density at radius 1 is 1.14 bits per heavy atom. The number of halogens is 3. The van der Waals surface area contributed by atoms with Crippen LogP contribution in [0.25, 0.3) is 0 Å². The van der Waals surface area contributed by atoms with Crippen LogP contribution in [-0.4, -0.2) is 30.6 Å². The van der Waals surface area contributed by atoms with Crippen LogP contribution in [0.1, 0.15) is 37.7 Å². The highest BCUT2D eigenvalue weighted by Gasteiger charge is 2.41. The number of aliphatic hydroxyl groups excluding tert-OH is 1. The second-order valence-electron chi connectivity index (χ2n) is 5.66. The van der Waals surface area contributed by atoms with Gasteiger partial charge in [-0.15, -0.1) is 0 Å². The van der Waals surface area contributed by atoms with E-state index in [2.05, 4.69) is 0 Å². The van der Waals surface area contributed by atoms with Crippen LogP contribution in [0.4, 0.5) is 13.2 Å². The highest BCUT2D eigenvalue weighted by molar-refractivity contribution is 5.27. The number of aliphatic hydroxyl groups is 1. The van der Waals surface area contributed by atoms with Gasteiger partial charge in [0.25, 0.3) is 0 Å². The Balaban J connectivity index is 2.09. The maximum atomic E-state index is 12.3. The Bertz CT molecular complexity index is 425. The van der Waals surface area contributed by atoms with Gasteiger partial charge in [0.2, 0.25) is 0 Å². The number of rotatable bonds is 5. The number of alkyl halides is 3. The fourth-order valence-corrected chi connectivity index (χ4v) is 3.09. The number of benzene rings is 1. The van der Waals surface area contributed by atoms with Crippen LogP contribution in [0.5, 0.6) is 0 Å². The molecule has 0 bridgehead atoms. The molecule has 1 N–H and O–H groups in total. The van der Waals surface area contributed by atoms with E-state index in [4.69, 9.17) is 4.74 Å². The topological polar surface area (TPSA) is 29.5 Å². The van der Waals surface area contributed by atoms with Crippen molar-refractivity contribution in [2.24, 2.45) is 0 Å². The van der Waals surface area contributed by atoms with Crippen molar-refractivity contribution in [3.05, 3.63) is 35.9 Å². The van der Waals surface area contributed by atoms with Crippen LogP contribution in [-0.2, 0) is 10.2 Å². The summed E-state index contributed by atoms with van der Waals surface area (Å²) < 4.78 is 42.2. The normalized spacial score (nSPS) is 20.2. The maximum Gasteiger partial charge on any atom is 0.389 e. The molecule has 1 atom stereocenters. The van der Waals surface area contributed by atoms with E-state index in [0.29, 0.717) is 26.1 Å². The molecule has 0 amide bonds. The lowest BCUT2D eigenvalue weighted by molar-refractivity contribution is -0.137. The first-order valence-corrected chi connectivity index (χ1v) is 7.32. The molecule has 1 aromatic carbocycles. The second-order valence-corrected chi connectivity index (χ2v) is 5.66. The van der Waals surface area contributed by atoms with Crippen molar-refractivity contribution in [1.29, 1.82) is 0 Å². The molecule has 1 unspecified atom stereocenters. The molecule has 0 saturated carbocycles. The maximum absolute atomic E-state index is 12.3. The Morgan fingerprint density at radius 3 is 2.33 bits per heavy atom. The third kappa shape index (κ3) is 4.20. The van der Waals surface area contributed by atoms with Crippen molar-refractivity contribution in [2.45, 2.75) is 49.8 Å². The Labute approximate surface area is 122 Å². The van der Waals surface area contributed by atoms with Gasteiger partial charge in [0.1, 0.15) is 0 Å². The van der Waals surface area contributed by atoms with Gasteiger partial charge in [0.15, 0.2) is 0 Å². The summed E-state index contributed by atoms with van der Waals surface area (Å²) in [7, 11) is 0. The van der Waals surface area contributed by atoms with Gasteiger partial charge in [-0.2, -0.15) is 13.2 Å². The Kier molecular flexibility index (Phi) is 5.27. The number of ether oxygens (including phenoxy) is 1. The van der Waals surface area contributed by atoms with Crippen molar-refractivity contribution < 1.29 is 23.0 Å². The largest absolute Gasteiger partial charge is 0.392 e. The lowest BCUT2D eigenvalue weighted by atomic mass is 9.69. The molecule has 0 radical (unpaired) electrons. The second kappa shape index (κ2) is 6.79. The molecular formula is C16H21F3O2. The number of hydrogen-bond donors (Lipinski definition) is 1. The van der Waals surface area contributed by atoms with Gasteiger partial charge >= 0.3 is 6.18 Å². The number of hydrogen-bond acceptors (Lipinski definition) is 2. The van der Waals surface area contributed by atoms with Gasteiger partial charge in [-0.25, -0.2) is 0 Å². The van der Waals surface area contributed by atoms with Crippen LogP contribution in [0.15, 0.2) is 30.3 Å². The predicted octanol–water partition coefficient (Wildman–Crippen LogP) is 3.83. The average Bonchev–Trinajstić information content (AvgIpc) is 2.47. The summed E-state index contributed by atoms with van der Waals surface area (Å²) in [5.74, 6) is 0. The van der Waals surface area contributed by atoms with Crippen molar-refractivity contribution in [1.82, 2.24) is 0 Å². The minimum atomic E-state index is -4.16. The fraction of sp³-hybridized carbons (Fsp3) is 0.625. The molecule has 118 valence electrons. The molecule has 5 heteroatoms. The van der Waals surface area contributed by atoms with Crippen LogP contribution in [0, 0.1) is 0 Å². The van der Waals surface area contributed by atoms with Crippen molar-refractivity contribution in [2.75, 3.05) is 13.2 Å². The third-order valence-electron chi connectivity index (χ3n) is 4.31. The van der Waals surface area contributed by atoms with Crippen LogP contribution < -0.4 is 0 Å². The average molecular weight is 302 g/mol. The lowest BCUT2D eigenvalue weighted by Crippen LogP contribution is -2.44. The molecule has 1 aromatic rings. The molecule has 1 aliphatic rings. The van der Waals surface area contributed by atoms with E-state index in [0.717, 1.165) is 5.56 Å². The summed E-state index contributed by atoms with van der Waals surface area (Å²) >= 11 is 0. The van der Waals surface area contributed by atoms with Gasteiger partial charge in [0.05, 0.1) is 6.10 Å². The first-order valence-electron chi connectivity index (χ1n) is 7.32. The molecule has 1 saturated heterocycles. The van der Waals surface area contributed by atoms with Crippen molar-refractivity contribution in [3.63, 3.8) is 0 Å². The van der Waals surface area contributed by atoms with Crippen LogP contribution >= 0.6 is 0 Å². The van der Waals surface area contributed by atoms with Gasteiger partial charge in [-0.05, 0) is 31.2 Å². The van der Waals surface area contributed by atoms with Gasteiger partial charge in [0, 0.05) is 25.0 Å². The molecule has 1 fully saturated rings. The van der Waals surface area contributed by atoms with E-state index in [9.17, 15) is 18.3 Å². The zero-order valence-corrected chi connectivity index (χ0v) is 11.9. The smallest absolute Gasteiger partial charge is 0.389 e. The Hall–Kier alpha value is -1.07. The van der Waals surface area contributed by atoms with Gasteiger partial charge < -0.3 is 9.84 Å². The van der Waals surface area contributed by atoms with Crippen LogP contribution in [0.3, 0.4) is 0 Å².